The average molecular weight is 207 g/mol. The molecule has 14 heavy (non-hydrogen) atoms. The minimum Gasteiger partial charge on any atom is -0.323 e. The van der Waals surface area contributed by atoms with Gasteiger partial charge in [-0.25, -0.2) is 0 Å². The van der Waals surface area contributed by atoms with Crippen molar-refractivity contribution in [1.82, 2.24) is 4.90 Å². The molecule has 0 aromatic heterocycles. The third-order valence-electron chi connectivity index (χ3n) is 2.19. The number of hydrogen-bond donors (Lipinski definition) is 0. The van der Waals surface area contributed by atoms with E-state index in [-0.39, 0.29) is 12.0 Å². The molecule has 1 aliphatic rings. The molecule has 1 heterocycles. The third-order valence-corrected chi connectivity index (χ3v) is 2.19. The van der Waals surface area contributed by atoms with Gasteiger partial charge in [0, 0.05) is 25.6 Å². The Morgan fingerprint density at radius 3 is 2.36 bits per heavy atom. The molecular weight excluding hydrogens is 188 g/mol. The SMILES string of the molecule is CC(C)(C)CN1CC(COC(F)F)C1. The highest BCUT2D eigenvalue weighted by Gasteiger charge is 2.30. The van der Waals surface area contributed by atoms with Gasteiger partial charge in [-0.05, 0) is 5.41 Å². The zero-order valence-electron chi connectivity index (χ0n) is 9.09. The fraction of sp³-hybridized carbons (Fsp3) is 1.00. The fourth-order valence-corrected chi connectivity index (χ4v) is 1.79. The van der Waals surface area contributed by atoms with Gasteiger partial charge in [0.2, 0.25) is 0 Å². The van der Waals surface area contributed by atoms with Crippen molar-refractivity contribution >= 4 is 0 Å². The molecule has 2 nitrogen and oxygen atoms in total. The summed E-state index contributed by atoms with van der Waals surface area (Å²) in [4.78, 5) is 2.28. The Morgan fingerprint density at radius 2 is 1.93 bits per heavy atom. The van der Waals surface area contributed by atoms with E-state index < -0.39 is 6.61 Å². The molecule has 0 amide bonds. The van der Waals surface area contributed by atoms with Crippen LogP contribution in [0.4, 0.5) is 8.78 Å². The average Bonchev–Trinajstić information content (AvgIpc) is 1.90. The summed E-state index contributed by atoms with van der Waals surface area (Å²) in [6, 6.07) is 0. The van der Waals surface area contributed by atoms with Gasteiger partial charge in [-0.2, -0.15) is 8.78 Å². The van der Waals surface area contributed by atoms with Crippen molar-refractivity contribution in [1.29, 1.82) is 0 Å². The summed E-state index contributed by atoms with van der Waals surface area (Å²) < 4.78 is 27.6. The van der Waals surface area contributed by atoms with Gasteiger partial charge in [0.15, 0.2) is 0 Å². The van der Waals surface area contributed by atoms with Crippen molar-refractivity contribution in [3.05, 3.63) is 0 Å². The van der Waals surface area contributed by atoms with Crippen molar-refractivity contribution in [2.45, 2.75) is 27.4 Å². The fourth-order valence-electron chi connectivity index (χ4n) is 1.79. The molecule has 1 fully saturated rings. The summed E-state index contributed by atoms with van der Waals surface area (Å²) in [6.07, 6.45) is 0. The van der Waals surface area contributed by atoms with Crippen LogP contribution in [0.3, 0.4) is 0 Å². The van der Waals surface area contributed by atoms with E-state index in [0.717, 1.165) is 19.6 Å². The molecule has 0 bridgehead atoms. The van der Waals surface area contributed by atoms with Crippen LogP contribution >= 0.6 is 0 Å². The van der Waals surface area contributed by atoms with Crippen LogP contribution < -0.4 is 0 Å². The monoisotopic (exact) mass is 207 g/mol. The Hall–Kier alpha value is -0.220. The summed E-state index contributed by atoms with van der Waals surface area (Å²) in [7, 11) is 0. The Balaban J connectivity index is 2.06. The number of hydrogen-bond acceptors (Lipinski definition) is 2. The maximum atomic E-state index is 11.7. The van der Waals surface area contributed by atoms with Gasteiger partial charge >= 0.3 is 6.61 Å². The Morgan fingerprint density at radius 1 is 1.36 bits per heavy atom. The first-order valence-electron chi connectivity index (χ1n) is 4.99. The lowest BCUT2D eigenvalue weighted by Gasteiger charge is -2.42. The maximum absolute atomic E-state index is 11.7. The summed E-state index contributed by atoms with van der Waals surface area (Å²) >= 11 is 0. The second kappa shape index (κ2) is 4.53. The summed E-state index contributed by atoms with van der Waals surface area (Å²) in [5.41, 5.74) is 0.286. The summed E-state index contributed by atoms with van der Waals surface area (Å²) in [5, 5.41) is 0. The standard InChI is InChI=1S/C10H19F2NO/c1-10(2,3)7-13-4-8(5-13)6-14-9(11)12/h8-9H,4-7H2,1-3H3. The molecule has 0 unspecified atom stereocenters. The Bertz CT molecular complexity index is 173. The molecule has 4 heteroatoms. The van der Waals surface area contributed by atoms with Gasteiger partial charge in [-0.3, -0.25) is 0 Å². The highest BCUT2D eigenvalue weighted by molar-refractivity contribution is 4.82. The highest BCUT2D eigenvalue weighted by atomic mass is 19.3. The molecule has 0 radical (unpaired) electrons. The first kappa shape index (κ1) is 11.9. The number of halogens is 2. The van der Waals surface area contributed by atoms with Crippen LogP contribution in [0.1, 0.15) is 20.8 Å². The largest absolute Gasteiger partial charge is 0.345 e. The van der Waals surface area contributed by atoms with E-state index in [0.29, 0.717) is 5.92 Å². The minimum absolute atomic E-state index is 0.193. The smallest absolute Gasteiger partial charge is 0.323 e. The number of rotatable bonds is 4. The topological polar surface area (TPSA) is 12.5 Å². The predicted molar refractivity (Wildman–Crippen MR) is 51.3 cm³/mol. The molecule has 0 saturated carbocycles. The van der Waals surface area contributed by atoms with E-state index in [4.69, 9.17) is 0 Å². The molecule has 1 rings (SSSR count). The van der Waals surface area contributed by atoms with E-state index in [1.807, 2.05) is 0 Å². The van der Waals surface area contributed by atoms with Crippen LogP contribution in [0.25, 0.3) is 0 Å². The molecule has 0 aliphatic carbocycles. The van der Waals surface area contributed by atoms with Crippen molar-refractivity contribution in [2.75, 3.05) is 26.2 Å². The predicted octanol–water partition coefficient (Wildman–Crippen LogP) is 2.20. The highest BCUT2D eigenvalue weighted by Crippen LogP contribution is 2.23. The third kappa shape index (κ3) is 4.33. The van der Waals surface area contributed by atoms with Gasteiger partial charge in [0.25, 0.3) is 0 Å². The summed E-state index contributed by atoms with van der Waals surface area (Å²) in [5.74, 6) is 0.298. The zero-order chi connectivity index (χ0) is 10.8. The zero-order valence-corrected chi connectivity index (χ0v) is 9.09. The van der Waals surface area contributed by atoms with Crippen LogP contribution in [-0.2, 0) is 4.74 Å². The first-order valence-corrected chi connectivity index (χ1v) is 4.99. The molecule has 0 spiro atoms. The van der Waals surface area contributed by atoms with E-state index in [9.17, 15) is 8.78 Å². The van der Waals surface area contributed by atoms with Crippen LogP contribution in [0.15, 0.2) is 0 Å². The van der Waals surface area contributed by atoms with E-state index >= 15 is 0 Å². The van der Waals surface area contributed by atoms with Crippen LogP contribution in [0, 0.1) is 11.3 Å². The van der Waals surface area contributed by atoms with Crippen molar-refractivity contribution in [3.8, 4) is 0 Å². The Kier molecular flexibility index (Phi) is 3.84. The number of nitrogens with zero attached hydrogens (tertiary/aromatic N) is 1. The van der Waals surface area contributed by atoms with Crippen molar-refractivity contribution < 1.29 is 13.5 Å². The molecule has 84 valence electrons. The molecular formula is C10H19F2NO. The number of ether oxygens (including phenoxy) is 1. The number of likely N-dealkylation sites (tertiary alicyclic amines) is 1. The molecule has 0 N–H and O–H groups in total. The van der Waals surface area contributed by atoms with Gasteiger partial charge in [0.05, 0.1) is 6.61 Å². The second-order valence-corrected chi connectivity index (χ2v) is 5.21. The van der Waals surface area contributed by atoms with Crippen molar-refractivity contribution in [3.63, 3.8) is 0 Å². The molecule has 0 atom stereocenters. The lowest BCUT2D eigenvalue weighted by molar-refractivity contribution is -0.150. The van der Waals surface area contributed by atoms with Crippen LogP contribution in [0.5, 0.6) is 0 Å². The maximum Gasteiger partial charge on any atom is 0.345 e. The quantitative estimate of drug-likeness (QED) is 0.700. The van der Waals surface area contributed by atoms with E-state index in [1.54, 1.807) is 0 Å². The van der Waals surface area contributed by atoms with Gasteiger partial charge in [-0.1, -0.05) is 20.8 Å². The van der Waals surface area contributed by atoms with Gasteiger partial charge in [-0.15, -0.1) is 0 Å². The minimum atomic E-state index is -2.62. The van der Waals surface area contributed by atoms with E-state index in [1.165, 1.54) is 0 Å². The van der Waals surface area contributed by atoms with E-state index in [2.05, 4.69) is 30.4 Å². The molecule has 0 aromatic carbocycles. The van der Waals surface area contributed by atoms with Crippen molar-refractivity contribution in [2.24, 2.45) is 11.3 Å². The number of alkyl halides is 2. The van der Waals surface area contributed by atoms with Gasteiger partial charge in [0.1, 0.15) is 0 Å². The van der Waals surface area contributed by atoms with Crippen LogP contribution in [0.2, 0.25) is 0 Å². The molecule has 1 saturated heterocycles. The molecule has 0 aromatic rings. The first-order chi connectivity index (χ1) is 6.37. The normalized spacial score (nSPS) is 20.1. The lowest BCUT2D eigenvalue weighted by atomic mass is 9.92. The second-order valence-electron chi connectivity index (χ2n) is 5.21. The van der Waals surface area contributed by atoms with Crippen LogP contribution in [-0.4, -0.2) is 37.8 Å². The van der Waals surface area contributed by atoms with Gasteiger partial charge < -0.3 is 9.64 Å². The Labute approximate surface area is 84.2 Å². The summed E-state index contributed by atoms with van der Waals surface area (Å²) in [6.45, 7) is 6.92. The molecule has 1 aliphatic heterocycles. The lowest BCUT2D eigenvalue weighted by Crippen LogP contribution is -2.51.